The van der Waals surface area contributed by atoms with Crippen LogP contribution in [-0.2, 0) is 0 Å². The molecule has 2 rings (SSSR count). The monoisotopic (exact) mass is 263 g/mol. The van der Waals surface area contributed by atoms with Crippen molar-refractivity contribution in [3.05, 3.63) is 35.7 Å². The van der Waals surface area contributed by atoms with E-state index in [1.54, 1.807) is 6.92 Å². The lowest BCUT2D eigenvalue weighted by Crippen LogP contribution is -2.07. The van der Waals surface area contributed by atoms with E-state index in [1.807, 2.05) is 31.2 Å². The van der Waals surface area contributed by atoms with Gasteiger partial charge in [-0.15, -0.1) is 11.6 Å². The Bertz CT molecular complexity index is 556. The molecule has 0 unspecified atom stereocenters. The van der Waals surface area contributed by atoms with E-state index in [0.717, 1.165) is 11.3 Å². The van der Waals surface area contributed by atoms with Crippen LogP contribution in [0.2, 0.25) is 0 Å². The lowest BCUT2D eigenvalue weighted by Gasteiger charge is -2.09. The number of hydrogen-bond acceptors (Lipinski definition) is 5. The van der Waals surface area contributed by atoms with Crippen LogP contribution in [-0.4, -0.2) is 15.0 Å². The fourth-order valence-electron chi connectivity index (χ4n) is 1.48. The summed E-state index contributed by atoms with van der Waals surface area (Å²) in [6.07, 6.45) is 0. The molecule has 0 amide bonds. The van der Waals surface area contributed by atoms with Gasteiger partial charge in [0, 0.05) is 5.69 Å². The van der Waals surface area contributed by atoms with E-state index in [1.165, 1.54) is 0 Å². The highest BCUT2D eigenvalue weighted by Crippen LogP contribution is 2.20. The van der Waals surface area contributed by atoms with Gasteiger partial charge in [-0.05, 0) is 25.5 Å². The first kappa shape index (κ1) is 12.6. The molecule has 0 radical (unpaired) electrons. The SMILES string of the molecule is Cc1ccccc1Nc1nc(N)nc([C@@H](C)Cl)n1. The number of nitrogen functional groups attached to an aromatic ring is 1. The van der Waals surface area contributed by atoms with Gasteiger partial charge in [-0.25, -0.2) is 0 Å². The predicted molar refractivity (Wildman–Crippen MR) is 73.0 cm³/mol. The minimum Gasteiger partial charge on any atom is -0.368 e. The van der Waals surface area contributed by atoms with Crippen LogP contribution in [0.4, 0.5) is 17.6 Å². The van der Waals surface area contributed by atoms with E-state index in [-0.39, 0.29) is 11.3 Å². The first-order chi connectivity index (χ1) is 8.56. The molecule has 5 nitrogen and oxygen atoms in total. The zero-order chi connectivity index (χ0) is 13.1. The molecule has 1 aromatic heterocycles. The number of nitrogens with two attached hydrogens (primary N) is 1. The second-order valence-corrected chi connectivity index (χ2v) is 4.59. The highest BCUT2D eigenvalue weighted by molar-refractivity contribution is 6.20. The van der Waals surface area contributed by atoms with Gasteiger partial charge >= 0.3 is 0 Å². The Morgan fingerprint density at radius 1 is 1.22 bits per heavy atom. The number of nitrogens with one attached hydrogen (secondary N) is 1. The molecular formula is C12H14ClN5. The molecule has 2 aromatic rings. The van der Waals surface area contributed by atoms with E-state index in [0.29, 0.717) is 11.8 Å². The van der Waals surface area contributed by atoms with Crippen molar-refractivity contribution in [2.45, 2.75) is 19.2 Å². The number of aromatic nitrogens is 3. The number of halogens is 1. The van der Waals surface area contributed by atoms with E-state index in [9.17, 15) is 0 Å². The molecular weight excluding hydrogens is 250 g/mol. The minimum absolute atomic E-state index is 0.156. The lowest BCUT2D eigenvalue weighted by molar-refractivity contribution is 0.888. The quantitative estimate of drug-likeness (QED) is 0.833. The predicted octanol–water partition coefficient (Wildman–Crippen LogP) is 2.81. The minimum atomic E-state index is -0.312. The lowest BCUT2D eigenvalue weighted by atomic mass is 10.2. The summed E-state index contributed by atoms with van der Waals surface area (Å²) in [5.74, 6) is 1.02. The van der Waals surface area contributed by atoms with Crippen molar-refractivity contribution in [3.8, 4) is 0 Å². The maximum Gasteiger partial charge on any atom is 0.232 e. The van der Waals surface area contributed by atoms with E-state index < -0.39 is 0 Å². The maximum absolute atomic E-state index is 5.95. The topological polar surface area (TPSA) is 76.7 Å². The Labute approximate surface area is 110 Å². The van der Waals surface area contributed by atoms with E-state index in [2.05, 4.69) is 20.3 Å². The second kappa shape index (κ2) is 5.18. The number of para-hydroxylation sites is 1. The third-order valence-corrected chi connectivity index (χ3v) is 2.61. The first-order valence-corrected chi connectivity index (χ1v) is 5.98. The summed E-state index contributed by atoms with van der Waals surface area (Å²) in [6, 6.07) is 7.84. The van der Waals surface area contributed by atoms with Gasteiger partial charge in [0.2, 0.25) is 11.9 Å². The molecule has 0 bridgehead atoms. The zero-order valence-corrected chi connectivity index (χ0v) is 10.9. The molecule has 1 atom stereocenters. The number of benzene rings is 1. The highest BCUT2D eigenvalue weighted by Gasteiger charge is 2.09. The molecule has 0 aliphatic rings. The fraction of sp³-hybridized carbons (Fsp3) is 0.250. The summed E-state index contributed by atoms with van der Waals surface area (Å²) in [6.45, 7) is 3.78. The normalized spacial score (nSPS) is 12.2. The van der Waals surface area contributed by atoms with Crippen molar-refractivity contribution in [1.82, 2.24) is 15.0 Å². The van der Waals surface area contributed by atoms with Gasteiger partial charge in [0.15, 0.2) is 5.82 Å². The molecule has 0 aliphatic carbocycles. The summed E-state index contributed by atoms with van der Waals surface area (Å²) < 4.78 is 0. The summed E-state index contributed by atoms with van der Waals surface area (Å²) in [4.78, 5) is 12.2. The van der Waals surface area contributed by atoms with Crippen LogP contribution < -0.4 is 11.1 Å². The van der Waals surface area contributed by atoms with Gasteiger partial charge in [-0.2, -0.15) is 15.0 Å². The summed E-state index contributed by atoms with van der Waals surface area (Å²) in [5, 5.41) is 2.80. The molecule has 0 saturated carbocycles. The van der Waals surface area contributed by atoms with Crippen molar-refractivity contribution in [2.75, 3.05) is 11.1 Å². The molecule has 0 aliphatic heterocycles. The first-order valence-electron chi connectivity index (χ1n) is 5.54. The largest absolute Gasteiger partial charge is 0.368 e. The van der Waals surface area contributed by atoms with Crippen LogP contribution in [0.5, 0.6) is 0 Å². The van der Waals surface area contributed by atoms with Crippen LogP contribution in [0, 0.1) is 6.92 Å². The molecule has 1 aromatic carbocycles. The van der Waals surface area contributed by atoms with Crippen LogP contribution in [0.3, 0.4) is 0 Å². The number of alkyl halides is 1. The van der Waals surface area contributed by atoms with Gasteiger partial charge in [-0.1, -0.05) is 18.2 Å². The van der Waals surface area contributed by atoms with E-state index >= 15 is 0 Å². The molecule has 1 heterocycles. The number of anilines is 3. The average molecular weight is 264 g/mol. The van der Waals surface area contributed by atoms with Gasteiger partial charge in [0.05, 0.1) is 5.38 Å². The highest BCUT2D eigenvalue weighted by atomic mass is 35.5. The second-order valence-electron chi connectivity index (χ2n) is 3.93. The van der Waals surface area contributed by atoms with E-state index in [4.69, 9.17) is 17.3 Å². The van der Waals surface area contributed by atoms with Gasteiger partial charge < -0.3 is 11.1 Å². The molecule has 18 heavy (non-hydrogen) atoms. The molecule has 0 spiro atoms. The molecule has 94 valence electrons. The Balaban J connectivity index is 2.32. The standard InChI is InChI=1S/C12H14ClN5/c1-7-5-3-4-6-9(7)15-12-17-10(8(2)13)16-11(14)18-12/h3-6,8H,1-2H3,(H3,14,15,16,17,18)/t8-/m1/s1. The molecule has 6 heteroatoms. The number of nitrogens with zero attached hydrogens (tertiary/aromatic N) is 3. The van der Waals surface area contributed by atoms with Gasteiger partial charge in [0.1, 0.15) is 0 Å². The van der Waals surface area contributed by atoms with Crippen molar-refractivity contribution in [2.24, 2.45) is 0 Å². The fourth-order valence-corrected chi connectivity index (χ4v) is 1.57. The van der Waals surface area contributed by atoms with Gasteiger partial charge in [0.25, 0.3) is 0 Å². The summed E-state index contributed by atoms with van der Waals surface area (Å²) >= 11 is 5.95. The zero-order valence-electron chi connectivity index (χ0n) is 10.2. The van der Waals surface area contributed by atoms with Crippen molar-refractivity contribution < 1.29 is 0 Å². The Morgan fingerprint density at radius 3 is 2.61 bits per heavy atom. The number of aryl methyl sites for hydroxylation is 1. The third kappa shape index (κ3) is 2.87. The smallest absolute Gasteiger partial charge is 0.232 e. The van der Waals surface area contributed by atoms with Crippen LogP contribution in [0.25, 0.3) is 0 Å². The van der Waals surface area contributed by atoms with Crippen molar-refractivity contribution in [1.29, 1.82) is 0 Å². The third-order valence-electron chi connectivity index (χ3n) is 2.42. The number of hydrogen-bond donors (Lipinski definition) is 2. The Hall–Kier alpha value is -1.88. The molecule has 0 fully saturated rings. The van der Waals surface area contributed by atoms with Crippen LogP contribution in [0.15, 0.2) is 24.3 Å². The van der Waals surface area contributed by atoms with Crippen LogP contribution >= 0.6 is 11.6 Å². The van der Waals surface area contributed by atoms with Crippen LogP contribution in [0.1, 0.15) is 23.7 Å². The Kier molecular flexibility index (Phi) is 3.62. The number of rotatable bonds is 3. The molecule has 3 N–H and O–H groups in total. The Morgan fingerprint density at radius 2 is 1.94 bits per heavy atom. The van der Waals surface area contributed by atoms with Crippen molar-refractivity contribution >= 4 is 29.2 Å². The summed E-state index contributed by atoms with van der Waals surface area (Å²) in [7, 11) is 0. The summed E-state index contributed by atoms with van der Waals surface area (Å²) in [5.41, 5.74) is 7.65. The maximum atomic E-state index is 5.95. The van der Waals surface area contributed by atoms with Gasteiger partial charge in [-0.3, -0.25) is 0 Å². The molecule has 0 saturated heterocycles. The van der Waals surface area contributed by atoms with Crippen molar-refractivity contribution in [3.63, 3.8) is 0 Å². The average Bonchev–Trinajstić information content (AvgIpc) is 2.31.